The van der Waals surface area contributed by atoms with Gasteiger partial charge in [0.2, 0.25) is 5.78 Å². The summed E-state index contributed by atoms with van der Waals surface area (Å²) >= 11 is 0. The molecule has 3 rings (SSSR count). The van der Waals surface area contributed by atoms with Gasteiger partial charge in [-0.3, -0.25) is 19.4 Å². The van der Waals surface area contributed by atoms with Crippen molar-refractivity contribution in [2.24, 2.45) is 18.4 Å². The van der Waals surface area contributed by atoms with Gasteiger partial charge in [0.15, 0.2) is 0 Å². The van der Waals surface area contributed by atoms with Gasteiger partial charge in [0.05, 0.1) is 0 Å². The molecule has 1 aromatic heterocycles. The smallest absolute Gasteiger partial charge is 0.277 e. The largest absolute Gasteiger partial charge is 0.299 e. The second kappa shape index (κ2) is 7.49. The number of carbonyl (C=O) groups is 1. The van der Waals surface area contributed by atoms with Crippen molar-refractivity contribution in [2.45, 2.75) is 67.7 Å². The number of fused-ring (bicyclic) bond motifs is 1. The molecule has 0 bridgehead atoms. The Bertz CT molecular complexity index is 915. The normalized spacial score (nSPS) is 20.5. The van der Waals surface area contributed by atoms with Crippen LogP contribution in [0, 0.1) is 25.2 Å². The van der Waals surface area contributed by atoms with Crippen LogP contribution in [0.4, 0.5) is 0 Å². The predicted molar refractivity (Wildman–Crippen MR) is 112 cm³/mol. The zero-order chi connectivity index (χ0) is 20.7. The van der Waals surface area contributed by atoms with E-state index < -0.39 is 0 Å². The van der Waals surface area contributed by atoms with Crippen molar-refractivity contribution in [3.8, 4) is 0 Å². The second-order valence-electron chi connectivity index (χ2n) is 8.36. The van der Waals surface area contributed by atoms with E-state index in [4.69, 9.17) is 0 Å². The summed E-state index contributed by atoms with van der Waals surface area (Å²) in [5.74, 6) is 0.747. The van der Waals surface area contributed by atoms with Gasteiger partial charge in [-0.05, 0) is 54.2 Å². The summed E-state index contributed by atoms with van der Waals surface area (Å²) in [6, 6.07) is 3.99. The molecule has 1 aliphatic carbocycles. The van der Waals surface area contributed by atoms with E-state index in [1.807, 2.05) is 26.8 Å². The van der Waals surface area contributed by atoms with Crippen LogP contribution in [-0.4, -0.2) is 15.6 Å². The van der Waals surface area contributed by atoms with Crippen LogP contribution in [0.2, 0.25) is 0 Å². The number of ketones is 1. The summed E-state index contributed by atoms with van der Waals surface area (Å²) in [5.41, 5.74) is 5.17. The molecule has 4 nitrogen and oxygen atoms in total. The minimum absolute atomic E-state index is 0.177. The van der Waals surface area contributed by atoms with Crippen LogP contribution in [0.15, 0.2) is 16.9 Å². The highest BCUT2D eigenvalue weighted by molar-refractivity contribution is 6.10. The molecule has 2 unspecified atom stereocenters. The molecular formula is C23H34N2O2. The number of nitrogens with zero attached hydrogens (tertiary/aromatic N) is 1. The average Bonchev–Trinajstić information content (AvgIpc) is 2.86. The number of aromatic amines is 1. The van der Waals surface area contributed by atoms with E-state index in [2.05, 4.69) is 38.9 Å². The molecule has 4 heteroatoms. The Morgan fingerprint density at radius 1 is 1.19 bits per heavy atom. The first-order valence-corrected chi connectivity index (χ1v) is 9.99. The Kier molecular flexibility index (Phi) is 5.88. The van der Waals surface area contributed by atoms with Crippen LogP contribution < -0.4 is 5.56 Å². The Hall–Kier alpha value is -2.10. The van der Waals surface area contributed by atoms with Gasteiger partial charge in [0.1, 0.15) is 5.56 Å². The first kappa shape index (κ1) is 21.2. The van der Waals surface area contributed by atoms with Crippen molar-refractivity contribution < 1.29 is 4.79 Å². The molecule has 1 aliphatic rings. The zero-order valence-electron chi connectivity index (χ0n) is 18.3. The van der Waals surface area contributed by atoms with Crippen molar-refractivity contribution in [3.63, 3.8) is 0 Å². The van der Waals surface area contributed by atoms with Gasteiger partial charge in [-0.25, -0.2) is 0 Å². The molecule has 0 aliphatic heterocycles. The summed E-state index contributed by atoms with van der Waals surface area (Å²) in [5, 5.41) is 2.92. The molecule has 0 fully saturated rings. The van der Waals surface area contributed by atoms with Gasteiger partial charge >= 0.3 is 0 Å². The summed E-state index contributed by atoms with van der Waals surface area (Å²) in [6.45, 7) is 17.0. The molecule has 27 heavy (non-hydrogen) atoms. The van der Waals surface area contributed by atoms with Crippen LogP contribution in [0.1, 0.15) is 85.8 Å². The molecule has 0 saturated heterocycles. The number of hydrogen-bond donors (Lipinski definition) is 1. The SMILES string of the molecule is CC.Cc1[nH]n(C)c(=O)c1C(=O)c1ccc2c(c1C)C(C)C(C)C(C)(C)C2. The Balaban J connectivity index is 0.00000126. The van der Waals surface area contributed by atoms with Crippen molar-refractivity contribution in [1.82, 2.24) is 9.78 Å². The predicted octanol–water partition coefficient (Wildman–Crippen LogP) is 4.91. The zero-order valence-corrected chi connectivity index (χ0v) is 18.3. The van der Waals surface area contributed by atoms with Crippen LogP contribution in [-0.2, 0) is 13.5 Å². The summed E-state index contributed by atoms with van der Waals surface area (Å²) in [7, 11) is 1.64. The Labute approximate surface area is 163 Å². The Morgan fingerprint density at radius 2 is 1.78 bits per heavy atom. The lowest BCUT2D eigenvalue weighted by Crippen LogP contribution is -2.34. The number of aromatic nitrogens is 2. The number of benzene rings is 1. The lowest BCUT2D eigenvalue weighted by molar-refractivity contribution is 0.103. The second-order valence-corrected chi connectivity index (χ2v) is 8.36. The van der Waals surface area contributed by atoms with Crippen LogP contribution >= 0.6 is 0 Å². The quantitative estimate of drug-likeness (QED) is 0.764. The van der Waals surface area contributed by atoms with E-state index in [0.717, 1.165) is 12.0 Å². The van der Waals surface area contributed by atoms with Crippen molar-refractivity contribution in [3.05, 3.63) is 56.0 Å². The molecule has 1 heterocycles. The fourth-order valence-corrected chi connectivity index (χ4v) is 4.49. The molecule has 0 amide bonds. The van der Waals surface area contributed by atoms with E-state index in [1.165, 1.54) is 15.8 Å². The molecular weight excluding hydrogens is 336 g/mol. The topological polar surface area (TPSA) is 54.9 Å². The molecule has 1 aromatic carbocycles. The molecule has 0 radical (unpaired) electrons. The lowest BCUT2D eigenvalue weighted by atomic mass is 9.62. The van der Waals surface area contributed by atoms with Gasteiger partial charge in [0.25, 0.3) is 5.56 Å². The number of hydrogen-bond acceptors (Lipinski definition) is 2. The van der Waals surface area contributed by atoms with Crippen molar-refractivity contribution in [2.75, 3.05) is 0 Å². The fraction of sp³-hybridized carbons (Fsp3) is 0.565. The maximum absolute atomic E-state index is 13.1. The van der Waals surface area contributed by atoms with Gasteiger partial charge in [-0.15, -0.1) is 0 Å². The van der Waals surface area contributed by atoms with E-state index in [1.54, 1.807) is 14.0 Å². The maximum Gasteiger partial charge on any atom is 0.277 e. The molecule has 0 spiro atoms. The number of carbonyl (C=O) groups excluding carboxylic acids is 1. The van der Waals surface area contributed by atoms with Crippen molar-refractivity contribution >= 4 is 5.78 Å². The van der Waals surface area contributed by atoms with Crippen LogP contribution in [0.3, 0.4) is 0 Å². The third kappa shape index (κ3) is 3.42. The first-order valence-electron chi connectivity index (χ1n) is 9.99. The van der Waals surface area contributed by atoms with E-state index in [0.29, 0.717) is 23.1 Å². The number of nitrogens with one attached hydrogen (secondary N) is 1. The fourth-order valence-electron chi connectivity index (χ4n) is 4.49. The minimum Gasteiger partial charge on any atom is -0.299 e. The lowest BCUT2D eigenvalue weighted by Gasteiger charge is -2.43. The molecule has 0 saturated carbocycles. The monoisotopic (exact) mass is 370 g/mol. The number of H-pyrrole nitrogens is 1. The van der Waals surface area contributed by atoms with Crippen LogP contribution in [0.5, 0.6) is 0 Å². The minimum atomic E-state index is -0.262. The highest BCUT2D eigenvalue weighted by atomic mass is 16.2. The summed E-state index contributed by atoms with van der Waals surface area (Å²) in [4.78, 5) is 25.4. The Morgan fingerprint density at radius 3 is 2.30 bits per heavy atom. The number of rotatable bonds is 2. The first-order chi connectivity index (χ1) is 12.6. The molecule has 148 valence electrons. The highest BCUT2D eigenvalue weighted by Gasteiger charge is 2.38. The van der Waals surface area contributed by atoms with Crippen LogP contribution in [0.25, 0.3) is 0 Å². The van der Waals surface area contributed by atoms with E-state index in [-0.39, 0.29) is 22.3 Å². The standard InChI is InChI=1S/C21H28N2O2.C2H6/c1-11-13(3)21(5,6)10-15-8-9-16(12(2)17(11)15)19(24)18-14(4)22-23(7)20(18)25;1-2/h8-9,11,13,22H,10H2,1-7H3;1-2H3. The van der Waals surface area contributed by atoms with Gasteiger partial charge in [-0.1, -0.05) is 53.7 Å². The third-order valence-corrected chi connectivity index (χ3v) is 6.39. The summed E-state index contributed by atoms with van der Waals surface area (Å²) in [6.07, 6.45) is 1.02. The third-order valence-electron chi connectivity index (χ3n) is 6.39. The van der Waals surface area contributed by atoms with E-state index in [9.17, 15) is 9.59 Å². The molecule has 2 aromatic rings. The summed E-state index contributed by atoms with van der Waals surface area (Å²) < 4.78 is 1.36. The van der Waals surface area contributed by atoms with Crippen molar-refractivity contribution in [1.29, 1.82) is 0 Å². The molecule has 1 N–H and O–H groups in total. The van der Waals surface area contributed by atoms with E-state index >= 15 is 0 Å². The van der Waals surface area contributed by atoms with Gasteiger partial charge in [-0.2, -0.15) is 0 Å². The number of aryl methyl sites for hydroxylation is 2. The van der Waals surface area contributed by atoms with Gasteiger partial charge < -0.3 is 0 Å². The maximum atomic E-state index is 13.1. The van der Waals surface area contributed by atoms with Gasteiger partial charge in [0, 0.05) is 18.3 Å². The highest BCUT2D eigenvalue weighted by Crippen LogP contribution is 2.47. The molecule has 2 atom stereocenters. The average molecular weight is 371 g/mol.